The molecule has 0 aliphatic rings. The van der Waals surface area contributed by atoms with Crippen LogP contribution in [0.5, 0.6) is 5.75 Å². The summed E-state index contributed by atoms with van der Waals surface area (Å²) in [4.78, 5) is 10.5. The topological polar surface area (TPSA) is 46.5 Å². The van der Waals surface area contributed by atoms with E-state index in [1.54, 1.807) is 0 Å². The Morgan fingerprint density at radius 3 is 2.44 bits per heavy atom. The summed E-state index contributed by atoms with van der Waals surface area (Å²) < 4.78 is 5.61. The van der Waals surface area contributed by atoms with Crippen LogP contribution in [0.25, 0.3) is 22.9 Å². The fraction of sp³-hybridized carbons (Fsp3) is 0.136. The molecule has 0 spiro atoms. The minimum atomic E-state index is -0.796. The predicted octanol–water partition coefficient (Wildman–Crippen LogP) is 5.25. The molecule has 0 bridgehead atoms. The van der Waals surface area contributed by atoms with E-state index in [9.17, 15) is 4.79 Å². The van der Waals surface area contributed by atoms with Crippen LogP contribution >= 0.6 is 0 Å². The molecule has 3 rings (SSSR count). The minimum absolute atomic E-state index is 0.127. The van der Waals surface area contributed by atoms with Gasteiger partial charge in [-0.15, -0.1) is 0 Å². The molecule has 0 radical (unpaired) electrons. The van der Waals surface area contributed by atoms with Crippen molar-refractivity contribution in [2.45, 2.75) is 12.8 Å². The highest BCUT2D eigenvalue weighted by Crippen LogP contribution is 2.19. The molecular weight excluding hydrogens is 312 g/mol. The lowest BCUT2D eigenvalue weighted by Gasteiger charge is -2.06. The molecule has 3 aromatic carbocycles. The van der Waals surface area contributed by atoms with Crippen LogP contribution in [0.2, 0.25) is 0 Å². The molecule has 3 aromatic rings. The van der Waals surface area contributed by atoms with Gasteiger partial charge in [0.15, 0.2) is 0 Å². The summed E-state index contributed by atoms with van der Waals surface area (Å²) in [6.45, 7) is 0.407. The van der Waals surface area contributed by atoms with Gasteiger partial charge >= 0.3 is 5.97 Å². The van der Waals surface area contributed by atoms with E-state index in [2.05, 4.69) is 36.4 Å². The van der Waals surface area contributed by atoms with E-state index in [1.807, 2.05) is 42.5 Å². The van der Waals surface area contributed by atoms with Crippen molar-refractivity contribution in [1.82, 2.24) is 0 Å². The molecule has 0 amide bonds. The number of fused-ring (bicyclic) bond motifs is 1. The van der Waals surface area contributed by atoms with Gasteiger partial charge in [0.1, 0.15) is 5.75 Å². The average molecular weight is 332 g/mol. The smallest absolute Gasteiger partial charge is 0.303 e. The van der Waals surface area contributed by atoms with Gasteiger partial charge < -0.3 is 9.84 Å². The van der Waals surface area contributed by atoms with Crippen LogP contribution < -0.4 is 4.74 Å². The Hall–Kier alpha value is -3.07. The van der Waals surface area contributed by atoms with Gasteiger partial charge in [-0.2, -0.15) is 0 Å². The molecule has 126 valence electrons. The summed E-state index contributed by atoms with van der Waals surface area (Å²) in [6, 6.07) is 22.5. The van der Waals surface area contributed by atoms with Crippen LogP contribution in [0.1, 0.15) is 24.0 Å². The first kappa shape index (κ1) is 16.8. The standard InChI is InChI=1S/C22H20O3/c23-22(24)9-4-14-25-21-8-3-5-17(16-21)10-11-18-12-13-19-6-1-2-7-20(19)15-18/h1-3,5-8,10-13,15-16H,4,9,14H2,(H,23,24)/b11-10+. The van der Waals surface area contributed by atoms with Gasteiger partial charge in [0.25, 0.3) is 0 Å². The Morgan fingerprint density at radius 2 is 1.64 bits per heavy atom. The van der Waals surface area contributed by atoms with Crippen molar-refractivity contribution in [3.63, 3.8) is 0 Å². The molecule has 0 saturated heterocycles. The molecule has 0 aliphatic carbocycles. The summed E-state index contributed by atoms with van der Waals surface area (Å²) in [5.74, 6) is -0.0401. The average Bonchev–Trinajstić information content (AvgIpc) is 2.64. The first-order valence-electron chi connectivity index (χ1n) is 8.32. The SMILES string of the molecule is O=C(O)CCCOc1cccc(/C=C/c2ccc3ccccc3c2)c1. The van der Waals surface area contributed by atoms with Crippen molar-refractivity contribution in [2.24, 2.45) is 0 Å². The second-order valence-electron chi connectivity index (χ2n) is 5.86. The second kappa shape index (κ2) is 8.15. The van der Waals surface area contributed by atoms with Crippen molar-refractivity contribution >= 4 is 28.9 Å². The van der Waals surface area contributed by atoms with E-state index in [4.69, 9.17) is 9.84 Å². The zero-order valence-electron chi connectivity index (χ0n) is 13.9. The predicted molar refractivity (Wildman–Crippen MR) is 102 cm³/mol. The number of carbonyl (C=O) groups is 1. The van der Waals surface area contributed by atoms with Crippen molar-refractivity contribution in [3.8, 4) is 5.75 Å². The Balaban J connectivity index is 1.66. The van der Waals surface area contributed by atoms with Crippen molar-refractivity contribution in [1.29, 1.82) is 0 Å². The van der Waals surface area contributed by atoms with Gasteiger partial charge in [-0.25, -0.2) is 0 Å². The number of aliphatic carboxylic acids is 1. The highest BCUT2D eigenvalue weighted by Gasteiger charge is 1.99. The highest BCUT2D eigenvalue weighted by atomic mass is 16.5. The summed E-state index contributed by atoms with van der Waals surface area (Å²) in [5, 5.41) is 11.1. The lowest BCUT2D eigenvalue weighted by Crippen LogP contribution is -2.02. The van der Waals surface area contributed by atoms with Gasteiger partial charge in [-0.1, -0.05) is 60.7 Å². The number of rotatable bonds is 7. The number of carboxylic acid groups (broad SMARTS) is 1. The molecule has 3 nitrogen and oxygen atoms in total. The third-order valence-electron chi connectivity index (χ3n) is 3.90. The maximum atomic E-state index is 10.5. The van der Waals surface area contributed by atoms with Gasteiger partial charge in [-0.05, 0) is 46.5 Å². The normalized spacial score (nSPS) is 11.0. The zero-order valence-corrected chi connectivity index (χ0v) is 13.9. The monoisotopic (exact) mass is 332 g/mol. The number of carboxylic acids is 1. The van der Waals surface area contributed by atoms with Crippen LogP contribution in [0.3, 0.4) is 0 Å². The second-order valence-corrected chi connectivity index (χ2v) is 5.86. The van der Waals surface area contributed by atoms with Gasteiger partial charge in [0, 0.05) is 6.42 Å². The van der Waals surface area contributed by atoms with E-state index >= 15 is 0 Å². The molecule has 3 heteroatoms. The molecule has 0 aliphatic heterocycles. The van der Waals surface area contributed by atoms with Crippen molar-refractivity contribution in [2.75, 3.05) is 6.61 Å². The number of hydrogen-bond donors (Lipinski definition) is 1. The van der Waals surface area contributed by atoms with Crippen LogP contribution in [0, 0.1) is 0 Å². The van der Waals surface area contributed by atoms with Crippen molar-refractivity contribution in [3.05, 3.63) is 77.9 Å². The zero-order chi connectivity index (χ0) is 17.5. The van der Waals surface area contributed by atoms with Crippen LogP contribution in [0.15, 0.2) is 66.7 Å². The van der Waals surface area contributed by atoms with E-state index in [-0.39, 0.29) is 6.42 Å². The number of hydrogen-bond acceptors (Lipinski definition) is 2. The summed E-state index contributed by atoms with van der Waals surface area (Å²) in [6.07, 6.45) is 4.76. The first-order valence-corrected chi connectivity index (χ1v) is 8.32. The van der Waals surface area contributed by atoms with Gasteiger partial charge in [-0.3, -0.25) is 4.79 Å². The van der Waals surface area contributed by atoms with Gasteiger partial charge in [0.05, 0.1) is 6.61 Å². The third-order valence-corrected chi connectivity index (χ3v) is 3.90. The Kier molecular flexibility index (Phi) is 5.47. The summed E-state index contributed by atoms with van der Waals surface area (Å²) >= 11 is 0. The molecule has 1 N–H and O–H groups in total. The molecule has 25 heavy (non-hydrogen) atoms. The number of ether oxygens (including phenoxy) is 1. The highest BCUT2D eigenvalue weighted by molar-refractivity contribution is 5.86. The van der Waals surface area contributed by atoms with E-state index in [0.717, 1.165) is 16.9 Å². The molecular formula is C22H20O3. The maximum Gasteiger partial charge on any atom is 0.303 e. The molecule has 0 fully saturated rings. The molecule has 0 heterocycles. The minimum Gasteiger partial charge on any atom is -0.494 e. The fourth-order valence-corrected chi connectivity index (χ4v) is 2.63. The van der Waals surface area contributed by atoms with Crippen LogP contribution in [-0.4, -0.2) is 17.7 Å². The third kappa shape index (κ3) is 4.95. The Morgan fingerprint density at radius 1 is 0.880 bits per heavy atom. The van der Waals surface area contributed by atoms with Gasteiger partial charge in [0.2, 0.25) is 0 Å². The lowest BCUT2D eigenvalue weighted by atomic mass is 10.1. The summed E-state index contributed by atoms with van der Waals surface area (Å²) in [5.41, 5.74) is 2.19. The molecule has 0 saturated carbocycles. The Labute approximate surface area is 147 Å². The molecule has 0 unspecified atom stereocenters. The summed E-state index contributed by atoms with van der Waals surface area (Å²) in [7, 11) is 0. The first-order chi connectivity index (χ1) is 12.2. The van der Waals surface area contributed by atoms with E-state index < -0.39 is 5.97 Å². The largest absolute Gasteiger partial charge is 0.494 e. The Bertz CT molecular complexity index is 896. The fourth-order valence-electron chi connectivity index (χ4n) is 2.63. The van der Waals surface area contributed by atoms with Crippen molar-refractivity contribution < 1.29 is 14.6 Å². The van der Waals surface area contributed by atoms with Crippen LogP contribution in [-0.2, 0) is 4.79 Å². The molecule has 0 atom stereocenters. The van der Waals surface area contributed by atoms with Crippen LogP contribution in [0.4, 0.5) is 0 Å². The maximum absolute atomic E-state index is 10.5. The molecule has 0 aromatic heterocycles. The lowest BCUT2D eigenvalue weighted by molar-refractivity contribution is -0.137. The van der Waals surface area contributed by atoms with E-state index in [1.165, 1.54) is 10.8 Å². The quantitative estimate of drug-likeness (QED) is 0.474. The van der Waals surface area contributed by atoms with E-state index in [0.29, 0.717) is 13.0 Å². The number of benzene rings is 3.